The normalized spacial score (nSPS) is 11.3. The monoisotopic (exact) mass is 406 g/mol. The fourth-order valence-corrected chi connectivity index (χ4v) is 4.34. The third-order valence-electron chi connectivity index (χ3n) is 5.84. The number of pyridine rings is 1. The zero-order valence-electron chi connectivity index (χ0n) is 17.5. The highest BCUT2D eigenvalue weighted by Crippen LogP contribution is 2.29. The quantitative estimate of drug-likeness (QED) is 0.412. The molecule has 31 heavy (non-hydrogen) atoms. The Kier molecular flexibility index (Phi) is 4.55. The minimum Gasteiger partial charge on any atom is -0.507 e. The molecule has 3 aromatic carbocycles. The molecule has 0 aliphatic carbocycles. The van der Waals surface area contributed by atoms with Gasteiger partial charge >= 0.3 is 0 Å². The number of aromatic nitrogens is 2. The van der Waals surface area contributed by atoms with Gasteiger partial charge in [0, 0.05) is 23.2 Å². The molecule has 4 heteroatoms. The van der Waals surface area contributed by atoms with Crippen LogP contribution in [0.5, 0.6) is 5.75 Å². The van der Waals surface area contributed by atoms with Crippen LogP contribution in [0.1, 0.15) is 32.6 Å². The van der Waals surface area contributed by atoms with E-state index in [1.165, 1.54) is 0 Å². The Morgan fingerprint density at radius 1 is 0.935 bits per heavy atom. The van der Waals surface area contributed by atoms with Gasteiger partial charge in [0.2, 0.25) is 0 Å². The molecule has 5 rings (SSSR count). The maximum absolute atomic E-state index is 13.6. The lowest BCUT2D eigenvalue weighted by Crippen LogP contribution is -2.11. The molecule has 0 bridgehead atoms. The van der Waals surface area contributed by atoms with Gasteiger partial charge in [-0.1, -0.05) is 48.5 Å². The summed E-state index contributed by atoms with van der Waals surface area (Å²) in [6.45, 7) is 3.82. The third-order valence-corrected chi connectivity index (χ3v) is 5.84. The van der Waals surface area contributed by atoms with E-state index in [1.807, 2.05) is 74.6 Å². The Morgan fingerprint density at radius 3 is 2.39 bits per heavy atom. The zero-order valence-corrected chi connectivity index (χ0v) is 17.5. The predicted octanol–water partition coefficient (Wildman–Crippen LogP) is 5.79. The number of hydrogen-bond donors (Lipinski definition) is 1. The van der Waals surface area contributed by atoms with Gasteiger partial charge in [-0.3, -0.25) is 14.3 Å². The number of fused-ring (bicyclic) bond motifs is 2. The summed E-state index contributed by atoms with van der Waals surface area (Å²) in [5, 5.41) is 12.0. The number of rotatable bonds is 3. The molecule has 0 unspecified atom stereocenters. The molecule has 2 heterocycles. The molecule has 0 saturated carbocycles. The second-order valence-corrected chi connectivity index (χ2v) is 7.98. The van der Waals surface area contributed by atoms with Crippen molar-refractivity contribution in [3.8, 4) is 5.75 Å². The van der Waals surface area contributed by atoms with E-state index in [4.69, 9.17) is 0 Å². The van der Waals surface area contributed by atoms with Crippen LogP contribution in [0.4, 0.5) is 0 Å². The molecule has 4 nitrogen and oxygen atoms in total. The van der Waals surface area contributed by atoms with Crippen LogP contribution in [0.15, 0.2) is 79.1 Å². The van der Waals surface area contributed by atoms with Crippen molar-refractivity contribution in [1.29, 1.82) is 0 Å². The van der Waals surface area contributed by atoms with Crippen molar-refractivity contribution < 1.29 is 9.90 Å². The molecule has 0 saturated heterocycles. The number of nitrogens with zero attached hydrogens (tertiary/aromatic N) is 2. The molecule has 0 aliphatic rings. The maximum atomic E-state index is 13.6. The van der Waals surface area contributed by atoms with E-state index in [0.717, 1.165) is 44.1 Å². The molecule has 5 aromatic rings. The van der Waals surface area contributed by atoms with Gasteiger partial charge in [-0.15, -0.1) is 0 Å². The van der Waals surface area contributed by atoms with Gasteiger partial charge in [0.1, 0.15) is 5.75 Å². The van der Waals surface area contributed by atoms with Crippen LogP contribution in [0.2, 0.25) is 0 Å². The smallest absolute Gasteiger partial charge is 0.263 e. The highest BCUT2D eigenvalue weighted by atomic mass is 16.3. The highest BCUT2D eigenvalue weighted by Gasteiger charge is 2.18. The Morgan fingerprint density at radius 2 is 1.61 bits per heavy atom. The number of aromatic hydroxyl groups is 1. The summed E-state index contributed by atoms with van der Waals surface area (Å²) < 4.78 is 1.74. The van der Waals surface area contributed by atoms with Crippen LogP contribution in [0.25, 0.3) is 21.8 Å². The topological polar surface area (TPSA) is 55.1 Å². The third kappa shape index (κ3) is 3.26. The molecule has 0 spiro atoms. The van der Waals surface area contributed by atoms with Crippen LogP contribution in [0, 0.1) is 13.8 Å². The number of carbonyl (C=O) groups is 1. The van der Waals surface area contributed by atoms with Gasteiger partial charge in [-0.25, -0.2) is 0 Å². The summed E-state index contributed by atoms with van der Waals surface area (Å²) >= 11 is 0. The first-order chi connectivity index (χ1) is 15.0. The van der Waals surface area contributed by atoms with Gasteiger partial charge in [0.15, 0.2) is 0 Å². The van der Waals surface area contributed by atoms with E-state index in [1.54, 1.807) is 16.8 Å². The lowest BCUT2D eigenvalue weighted by atomic mass is 9.99. The van der Waals surface area contributed by atoms with E-state index in [0.29, 0.717) is 17.7 Å². The van der Waals surface area contributed by atoms with Crippen LogP contribution >= 0.6 is 0 Å². The number of benzene rings is 3. The minimum absolute atomic E-state index is 0.0703. The van der Waals surface area contributed by atoms with Crippen molar-refractivity contribution in [2.24, 2.45) is 0 Å². The van der Waals surface area contributed by atoms with Gasteiger partial charge in [-0.05, 0) is 60.7 Å². The Balaban J connectivity index is 1.63. The number of phenolic OH excluding ortho intramolecular Hbond substituents is 1. The minimum atomic E-state index is -0.0703. The lowest BCUT2D eigenvalue weighted by molar-refractivity contribution is 0.0966. The van der Waals surface area contributed by atoms with Crippen molar-refractivity contribution in [1.82, 2.24) is 9.55 Å². The van der Waals surface area contributed by atoms with Crippen molar-refractivity contribution in [2.45, 2.75) is 20.3 Å². The number of aryl methyl sites for hydroxylation is 2. The number of phenols is 1. The van der Waals surface area contributed by atoms with Crippen molar-refractivity contribution in [3.05, 3.63) is 107 Å². The van der Waals surface area contributed by atoms with Crippen LogP contribution < -0.4 is 0 Å². The average Bonchev–Trinajstić information content (AvgIpc) is 3.15. The van der Waals surface area contributed by atoms with E-state index in [2.05, 4.69) is 11.1 Å². The van der Waals surface area contributed by atoms with Gasteiger partial charge in [0.25, 0.3) is 5.91 Å². The van der Waals surface area contributed by atoms with E-state index >= 15 is 0 Å². The molecule has 0 atom stereocenters. The van der Waals surface area contributed by atoms with Crippen LogP contribution in [0.3, 0.4) is 0 Å². The Labute approximate surface area is 180 Å². The van der Waals surface area contributed by atoms with Gasteiger partial charge in [-0.2, -0.15) is 0 Å². The molecule has 0 radical (unpaired) electrons. The fourth-order valence-electron chi connectivity index (χ4n) is 4.34. The number of carbonyl (C=O) groups excluding carboxylic acids is 1. The van der Waals surface area contributed by atoms with Gasteiger partial charge in [0.05, 0.1) is 16.6 Å². The molecule has 0 amide bonds. The van der Waals surface area contributed by atoms with Crippen LogP contribution in [-0.2, 0) is 6.42 Å². The molecule has 0 aliphatic heterocycles. The predicted molar refractivity (Wildman–Crippen MR) is 124 cm³/mol. The summed E-state index contributed by atoms with van der Waals surface area (Å²) in [7, 11) is 0. The SMILES string of the molecule is Cc1cc(Cc2cn(C(=O)c3ccnc4ccccc34)c3ccccc23)cc(C)c1O. The van der Waals surface area contributed by atoms with Crippen LogP contribution in [-0.4, -0.2) is 20.6 Å². The van der Waals surface area contributed by atoms with E-state index in [9.17, 15) is 9.90 Å². The first-order valence-electron chi connectivity index (χ1n) is 10.3. The Hall–Kier alpha value is -3.92. The van der Waals surface area contributed by atoms with E-state index < -0.39 is 0 Å². The molecule has 1 N–H and O–H groups in total. The second-order valence-electron chi connectivity index (χ2n) is 7.98. The first kappa shape index (κ1) is 19.1. The number of hydrogen-bond acceptors (Lipinski definition) is 3. The zero-order chi connectivity index (χ0) is 21.5. The molecular formula is C27H22N2O2. The standard InChI is InChI=1S/C27H22N2O2/c1-17-13-19(14-18(2)26(17)30)15-20-16-29(25-10-6-4-7-21(20)25)27(31)23-11-12-28-24-9-5-3-8-22(23)24/h3-14,16,30H,15H2,1-2H3. The Bertz CT molecular complexity index is 1430. The number of para-hydroxylation sites is 2. The maximum Gasteiger partial charge on any atom is 0.263 e. The summed E-state index contributed by atoms with van der Waals surface area (Å²) in [6.07, 6.45) is 4.31. The fraction of sp³-hybridized carbons (Fsp3) is 0.111. The highest BCUT2D eigenvalue weighted by molar-refractivity contribution is 6.10. The molecule has 0 fully saturated rings. The van der Waals surface area contributed by atoms with Crippen molar-refractivity contribution in [3.63, 3.8) is 0 Å². The molecule has 2 aromatic heterocycles. The van der Waals surface area contributed by atoms with Crippen molar-refractivity contribution >= 4 is 27.7 Å². The van der Waals surface area contributed by atoms with Gasteiger partial charge < -0.3 is 5.11 Å². The average molecular weight is 406 g/mol. The largest absolute Gasteiger partial charge is 0.507 e. The first-order valence-corrected chi connectivity index (χ1v) is 10.3. The van der Waals surface area contributed by atoms with Crippen molar-refractivity contribution in [2.75, 3.05) is 0 Å². The summed E-state index contributed by atoms with van der Waals surface area (Å²) in [6, 6.07) is 21.5. The summed E-state index contributed by atoms with van der Waals surface area (Å²) in [5.74, 6) is 0.269. The summed E-state index contributed by atoms with van der Waals surface area (Å²) in [5.41, 5.74) is 6.23. The molecular weight excluding hydrogens is 384 g/mol. The van der Waals surface area contributed by atoms with E-state index in [-0.39, 0.29) is 5.91 Å². The summed E-state index contributed by atoms with van der Waals surface area (Å²) in [4.78, 5) is 18.0. The lowest BCUT2D eigenvalue weighted by Gasteiger charge is -2.08. The molecule has 152 valence electrons. The second kappa shape index (κ2) is 7.40.